The van der Waals surface area contributed by atoms with E-state index in [1.807, 2.05) is 0 Å². The zero-order valence-corrected chi connectivity index (χ0v) is 19.2. The van der Waals surface area contributed by atoms with Gasteiger partial charge in [-0.05, 0) is 55.2 Å². The molecule has 1 fully saturated rings. The summed E-state index contributed by atoms with van der Waals surface area (Å²) in [4.78, 5) is 16.7. The van der Waals surface area contributed by atoms with Gasteiger partial charge in [0.2, 0.25) is 5.88 Å². The number of sulfone groups is 1. The monoisotopic (exact) mass is 514 g/mol. The third-order valence-corrected chi connectivity index (χ3v) is 5.73. The van der Waals surface area contributed by atoms with Gasteiger partial charge in [-0.2, -0.15) is 0 Å². The quantitative estimate of drug-likeness (QED) is 0.545. The number of ether oxygens (including phenoxy) is 1. The Morgan fingerprint density at radius 3 is 2.45 bits per heavy atom. The number of alkyl halides is 2. The Bertz CT molecular complexity index is 1100. The van der Waals surface area contributed by atoms with Crippen LogP contribution in [0.5, 0.6) is 11.6 Å². The maximum absolute atomic E-state index is 14.1. The van der Waals surface area contributed by atoms with Crippen LogP contribution in [0, 0.1) is 5.92 Å². The summed E-state index contributed by atoms with van der Waals surface area (Å²) in [5.74, 6) is -3.81. The van der Waals surface area contributed by atoms with E-state index < -0.39 is 33.3 Å². The van der Waals surface area contributed by atoms with Gasteiger partial charge in [-0.25, -0.2) is 22.2 Å². The third kappa shape index (κ3) is 6.83. The number of pyridine rings is 1. The predicted octanol–water partition coefficient (Wildman–Crippen LogP) is 4.81. The second-order valence-electron chi connectivity index (χ2n) is 7.49. The lowest BCUT2D eigenvalue weighted by molar-refractivity contribution is 0.0149. The van der Waals surface area contributed by atoms with Crippen LogP contribution >= 0.6 is 15.9 Å². The Morgan fingerprint density at radius 2 is 1.90 bits per heavy atom. The van der Waals surface area contributed by atoms with Crippen LogP contribution in [-0.4, -0.2) is 31.6 Å². The summed E-state index contributed by atoms with van der Waals surface area (Å²) in [6.07, 6.45) is 4.20. The van der Waals surface area contributed by atoms with Crippen LogP contribution in [0.25, 0.3) is 0 Å². The number of nitrogens with zero attached hydrogens (tertiary/aromatic N) is 1. The van der Waals surface area contributed by atoms with Gasteiger partial charge in [0.05, 0.1) is 11.6 Å². The standard InChI is InChI=1S/C21H21BrF2N2O4S/c1-21(23,24)16-9-10-18(26-20(16)30-15-7-5-14(22)6-8-15)19(27)25-17(13-3-4-13)11-12-31(2,28)29/h5-13,17H,3-4H2,1-2H3,(H,25,27)/b12-11+/t17-/m1/s1. The molecule has 31 heavy (non-hydrogen) atoms. The predicted molar refractivity (Wildman–Crippen MR) is 116 cm³/mol. The molecule has 1 N–H and O–H groups in total. The number of hydrogen-bond acceptors (Lipinski definition) is 5. The Morgan fingerprint density at radius 1 is 1.26 bits per heavy atom. The first-order valence-corrected chi connectivity index (χ1v) is 12.2. The van der Waals surface area contributed by atoms with Crippen LogP contribution in [0.3, 0.4) is 0 Å². The maximum Gasteiger partial charge on any atom is 0.275 e. The van der Waals surface area contributed by atoms with E-state index >= 15 is 0 Å². The lowest BCUT2D eigenvalue weighted by Crippen LogP contribution is -2.35. The molecule has 1 aliphatic carbocycles. The van der Waals surface area contributed by atoms with Crippen LogP contribution in [-0.2, 0) is 15.8 Å². The molecular weight excluding hydrogens is 494 g/mol. The van der Waals surface area contributed by atoms with E-state index in [0.717, 1.165) is 42.0 Å². The highest BCUT2D eigenvalue weighted by atomic mass is 79.9. The topological polar surface area (TPSA) is 85.4 Å². The minimum absolute atomic E-state index is 0.112. The van der Waals surface area contributed by atoms with E-state index in [-0.39, 0.29) is 23.2 Å². The number of hydrogen-bond donors (Lipinski definition) is 1. The van der Waals surface area contributed by atoms with Crippen molar-refractivity contribution >= 4 is 31.7 Å². The second-order valence-corrected chi connectivity index (χ2v) is 10.3. The Kier molecular flexibility index (Phi) is 6.80. The fraction of sp³-hybridized carbons (Fsp3) is 0.333. The van der Waals surface area contributed by atoms with Crippen LogP contribution < -0.4 is 10.1 Å². The van der Waals surface area contributed by atoms with Crippen molar-refractivity contribution in [2.24, 2.45) is 5.92 Å². The van der Waals surface area contributed by atoms with E-state index in [1.54, 1.807) is 24.3 Å². The first kappa shape index (κ1) is 23.3. The van der Waals surface area contributed by atoms with Gasteiger partial charge in [0, 0.05) is 23.1 Å². The molecule has 6 nitrogen and oxygen atoms in total. The molecular formula is C21H21BrF2N2O4S. The van der Waals surface area contributed by atoms with Crippen molar-refractivity contribution in [3.05, 3.63) is 63.6 Å². The van der Waals surface area contributed by atoms with Gasteiger partial charge in [-0.3, -0.25) is 4.79 Å². The molecule has 0 radical (unpaired) electrons. The minimum atomic E-state index is -3.35. The van der Waals surface area contributed by atoms with Crippen molar-refractivity contribution in [3.8, 4) is 11.6 Å². The van der Waals surface area contributed by atoms with Crippen molar-refractivity contribution in [3.63, 3.8) is 0 Å². The van der Waals surface area contributed by atoms with Crippen LogP contribution in [0.2, 0.25) is 0 Å². The van der Waals surface area contributed by atoms with Crippen molar-refractivity contribution in [2.75, 3.05) is 6.26 Å². The largest absolute Gasteiger partial charge is 0.438 e. The van der Waals surface area contributed by atoms with Crippen molar-refractivity contribution in [1.29, 1.82) is 0 Å². The first-order valence-electron chi connectivity index (χ1n) is 9.44. The Labute approximate surface area is 187 Å². The lowest BCUT2D eigenvalue weighted by atomic mass is 10.1. The van der Waals surface area contributed by atoms with Gasteiger partial charge in [-0.1, -0.05) is 22.0 Å². The summed E-state index contributed by atoms with van der Waals surface area (Å²) in [7, 11) is -3.35. The van der Waals surface area contributed by atoms with E-state index in [1.165, 1.54) is 12.1 Å². The molecule has 1 saturated carbocycles. The van der Waals surface area contributed by atoms with Crippen molar-refractivity contribution in [2.45, 2.75) is 31.7 Å². The fourth-order valence-electron chi connectivity index (χ4n) is 2.82. The molecule has 3 rings (SSSR count). The van der Waals surface area contributed by atoms with Crippen LogP contribution in [0.4, 0.5) is 8.78 Å². The zero-order valence-electron chi connectivity index (χ0n) is 16.8. The number of carbonyl (C=O) groups excluding carboxylic acids is 1. The molecule has 0 spiro atoms. The van der Waals surface area contributed by atoms with Gasteiger partial charge in [0.1, 0.15) is 11.4 Å². The number of carbonyl (C=O) groups is 1. The lowest BCUT2D eigenvalue weighted by Gasteiger charge is -2.18. The number of halogens is 3. The smallest absolute Gasteiger partial charge is 0.275 e. The van der Waals surface area contributed by atoms with Gasteiger partial charge >= 0.3 is 0 Å². The third-order valence-electron chi connectivity index (χ3n) is 4.55. The molecule has 1 aliphatic rings. The van der Waals surface area contributed by atoms with Crippen LogP contribution in [0.15, 0.2) is 52.4 Å². The summed E-state index contributed by atoms with van der Waals surface area (Å²) >= 11 is 3.28. The molecule has 1 aromatic carbocycles. The van der Waals surface area contributed by atoms with Gasteiger partial charge < -0.3 is 10.1 Å². The van der Waals surface area contributed by atoms with Gasteiger partial charge in [0.15, 0.2) is 9.84 Å². The minimum Gasteiger partial charge on any atom is -0.438 e. The number of benzene rings is 1. The van der Waals surface area contributed by atoms with Crippen LogP contribution in [0.1, 0.15) is 35.8 Å². The highest BCUT2D eigenvalue weighted by molar-refractivity contribution is 9.10. The van der Waals surface area contributed by atoms with E-state index in [2.05, 4.69) is 26.2 Å². The molecule has 0 saturated heterocycles. The summed E-state index contributed by atoms with van der Waals surface area (Å²) < 4.78 is 57.3. The summed E-state index contributed by atoms with van der Waals surface area (Å²) in [6, 6.07) is 8.33. The molecule has 1 aromatic heterocycles. The number of nitrogens with one attached hydrogen (secondary N) is 1. The van der Waals surface area contributed by atoms with E-state index in [0.29, 0.717) is 0 Å². The SMILES string of the molecule is CC(F)(F)c1ccc(C(=O)N[C@H](/C=C/S(C)(=O)=O)C2CC2)nc1Oc1ccc(Br)cc1. The molecule has 10 heteroatoms. The molecule has 1 amide bonds. The molecule has 1 atom stereocenters. The summed E-state index contributed by atoms with van der Waals surface area (Å²) in [6.45, 7) is 0.720. The number of rotatable bonds is 8. The highest BCUT2D eigenvalue weighted by Crippen LogP contribution is 2.36. The Hall–Kier alpha value is -2.33. The molecule has 2 aromatic rings. The number of amides is 1. The fourth-order valence-corrected chi connectivity index (χ4v) is 3.54. The maximum atomic E-state index is 14.1. The normalized spacial score (nSPS) is 15.6. The average Bonchev–Trinajstić information content (AvgIpc) is 3.50. The number of aromatic nitrogens is 1. The highest BCUT2D eigenvalue weighted by Gasteiger charge is 2.33. The second kappa shape index (κ2) is 9.04. The van der Waals surface area contributed by atoms with Crippen molar-refractivity contribution < 1.29 is 26.7 Å². The summed E-state index contributed by atoms with van der Waals surface area (Å²) in [5, 5.41) is 3.77. The first-order chi connectivity index (χ1) is 14.4. The Balaban J connectivity index is 1.87. The molecule has 0 bridgehead atoms. The zero-order chi connectivity index (χ0) is 22.8. The average molecular weight is 515 g/mol. The van der Waals surface area contributed by atoms with Gasteiger partial charge in [0.25, 0.3) is 11.8 Å². The van der Waals surface area contributed by atoms with Gasteiger partial charge in [-0.15, -0.1) is 0 Å². The van der Waals surface area contributed by atoms with E-state index in [9.17, 15) is 22.0 Å². The van der Waals surface area contributed by atoms with Crippen molar-refractivity contribution in [1.82, 2.24) is 10.3 Å². The molecule has 1 heterocycles. The van der Waals surface area contributed by atoms with E-state index in [4.69, 9.17) is 4.74 Å². The summed E-state index contributed by atoms with van der Waals surface area (Å²) in [5.41, 5.74) is -0.568. The molecule has 0 unspecified atom stereocenters. The molecule has 166 valence electrons. The molecule has 0 aliphatic heterocycles.